The number of benzene rings is 2. The van der Waals surface area contributed by atoms with Crippen molar-refractivity contribution in [2.45, 2.75) is 52.5 Å². The first-order valence-corrected chi connectivity index (χ1v) is 11.0. The zero-order chi connectivity index (χ0) is 20.9. The van der Waals surface area contributed by atoms with Gasteiger partial charge in [0.05, 0.1) is 17.6 Å². The summed E-state index contributed by atoms with van der Waals surface area (Å²) in [5.74, 6) is 2.57. The van der Waals surface area contributed by atoms with E-state index in [2.05, 4.69) is 60.1 Å². The second kappa shape index (κ2) is 9.33. The Morgan fingerprint density at radius 3 is 2.63 bits per heavy atom. The number of hydrogen-bond donors (Lipinski definition) is 1. The van der Waals surface area contributed by atoms with Gasteiger partial charge in [0, 0.05) is 25.4 Å². The fourth-order valence-electron chi connectivity index (χ4n) is 3.94. The molecule has 1 fully saturated rings. The van der Waals surface area contributed by atoms with E-state index >= 15 is 0 Å². The van der Waals surface area contributed by atoms with Crippen molar-refractivity contribution in [2.24, 2.45) is 5.92 Å². The number of para-hydroxylation sites is 3. The third-order valence-electron chi connectivity index (χ3n) is 5.74. The van der Waals surface area contributed by atoms with Gasteiger partial charge in [-0.2, -0.15) is 0 Å². The minimum absolute atomic E-state index is 0.215. The highest BCUT2D eigenvalue weighted by Gasteiger charge is 2.29. The Balaban J connectivity index is 1.35. The molecule has 5 heteroatoms. The van der Waals surface area contributed by atoms with Gasteiger partial charge in [0.15, 0.2) is 0 Å². The van der Waals surface area contributed by atoms with Gasteiger partial charge in [0.2, 0.25) is 5.91 Å². The minimum Gasteiger partial charge on any atom is -0.493 e. The third kappa shape index (κ3) is 4.84. The maximum atomic E-state index is 11.8. The van der Waals surface area contributed by atoms with Crippen LogP contribution in [-0.2, 0) is 17.8 Å². The topological polar surface area (TPSA) is 56.1 Å². The van der Waals surface area contributed by atoms with Crippen LogP contribution in [0, 0.1) is 19.8 Å². The van der Waals surface area contributed by atoms with E-state index in [1.165, 1.54) is 16.6 Å². The van der Waals surface area contributed by atoms with E-state index in [0.717, 1.165) is 55.7 Å². The van der Waals surface area contributed by atoms with Crippen molar-refractivity contribution in [1.82, 2.24) is 14.9 Å². The van der Waals surface area contributed by atoms with Crippen LogP contribution in [0.5, 0.6) is 5.75 Å². The molecule has 1 heterocycles. The summed E-state index contributed by atoms with van der Waals surface area (Å²) in [5.41, 5.74) is 4.56. The van der Waals surface area contributed by atoms with Gasteiger partial charge >= 0.3 is 0 Å². The fraction of sp³-hybridized carbons (Fsp3) is 0.440. The summed E-state index contributed by atoms with van der Waals surface area (Å²) in [4.78, 5) is 16.7. The zero-order valence-corrected chi connectivity index (χ0v) is 18.0. The Morgan fingerprint density at radius 1 is 1.10 bits per heavy atom. The van der Waals surface area contributed by atoms with Crippen LogP contribution in [-0.4, -0.2) is 28.6 Å². The minimum atomic E-state index is 0.215. The number of nitrogens with one attached hydrogen (secondary N) is 1. The number of carbonyl (C=O) groups excluding carboxylic acids is 1. The zero-order valence-electron chi connectivity index (χ0n) is 18.0. The van der Waals surface area contributed by atoms with Crippen molar-refractivity contribution in [1.29, 1.82) is 0 Å². The molecule has 0 atom stereocenters. The average Bonchev–Trinajstić information content (AvgIpc) is 3.53. The van der Waals surface area contributed by atoms with Gasteiger partial charge in [-0.15, -0.1) is 0 Å². The average molecular weight is 406 g/mol. The summed E-state index contributed by atoms with van der Waals surface area (Å²) in [7, 11) is 0. The van der Waals surface area contributed by atoms with Crippen molar-refractivity contribution in [3.63, 3.8) is 0 Å². The van der Waals surface area contributed by atoms with Crippen LogP contribution in [0.2, 0.25) is 0 Å². The third-order valence-corrected chi connectivity index (χ3v) is 5.74. The quantitative estimate of drug-likeness (QED) is 0.502. The van der Waals surface area contributed by atoms with E-state index in [9.17, 15) is 4.79 Å². The summed E-state index contributed by atoms with van der Waals surface area (Å²) in [6, 6.07) is 14.5. The van der Waals surface area contributed by atoms with E-state index < -0.39 is 0 Å². The van der Waals surface area contributed by atoms with E-state index in [0.29, 0.717) is 13.2 Å². The highest BCUT2D eigenvalue weighted by atomic mass is 16.5. The molecule has 158 valence electrons. The maximum Gasteiger partial charge on any atom is 0.223 e. The van der Waals surface area contributed by atoms with E-state index in [1.54, 1.807) is 0 Å². The smallest absolute Gasteiger partial charge is 0.223 e. The normalized spacial score (nSPS) is 13.5. The molecule has 0 spiro atoms. The molecule has 0 radical (unpaired) electrons. The van der Waals surface area contributed by atoms with Crippen LogP contribution in [0.4, 0.5) is 0 Å². The number of aromatic nitrogens is 2. The van der Waals surface area contributed by atoms with Crippen LogP contribution < -0.4 is 10.1 Å². The molecule has 2 aromatic carbocycles. The molecule has 4 rings (SSSR count). The second-order valence-electron chi connectivity index (χ2n) is 8.26. The number of fused-ring (bicyclic) bond motifs is 1. The van der Waals surface area contributed by atoms with Crippen molar-refractivity contribution < 1.29 is 9.53 Å². The predicted octanol–water partition coefficient (Wildman–Crippen LogP) is 4.58. The van der Waals surface area contributed by atoms with Crippen molar-refractivity contribution >= 4 is 16.9 Å². The number of imidazole rings is 1. The monoisotopic (exact) mass is 405 g/mol. The lowest BCUT2D eigenvalue weighted by Gasteiger charge is -2.13. The number of amides is 1. The summed E-state index contributed by atoms with van der Waals surface area (Å²) >= 11 is 0. The SMILES string of the molecule is Cc1cccc(C)c1OCCCn1c(CCCNC(=O)C2CC2)nc2ccccc21. The first-order chi connectivity index (χ1) is 14.6. The molecular weight excluding hydrogens is 374 g/mol. The van der Waals surface area contributed by atoms with Gasteiger partial charge in [-0.3, -0.25) is 4.79 Å². The highest BCUT2D eigenvalue weighted by Crippen LogP contribution is 2.28. The Hall–Kier alpha value is -2.82. The molecule has 1 aliphatic rings. The fourth-order valence-corrected chi connectivity index (χ4v) is 3.94. The molecule has 0 bridgehead atoms. The molecule has 1 aromatic heterocycles. The summed E-state index contributed by atoms with van der Waals surface area (Å²) in [6.07, 6.45) is 4.77. The Labute approximate surface area is 178 Å². The Bertz CT molecular complexity index is 1000. The molecule has 3 aromatic rings. The number of aryl methyl sites for hydroxylation is 4. The standard InChI is InChI=1S/C25H31N3O2/c1-18-8-5-9-19(2)24(18)30-17-7-16-28-22-11-4-3-10-21(22)27-23(28)12-6-15-26-25(29)20-13-14-20/h3-5,8-11,20H,6-7,12-17H2,1-2H3,(H,26,29). The Kier molecular flexibility index (Phi) is 6.36. The molecule has 1 saturated carbocycles. The number of rotatable bonds is 10. The number of carbonyl (C=O) groups is 1. The number of nitrogens with zero attached hydrogens (tertiary/aromatic N) is 2. The molecule has 0 aliphatic heterocycles. The molecular formula is C25H31N3O2. The molecule has 0 saturated heterocycles. The Morgan fingerprint density at radius 2 is 1.87 bits per heavy atom. The van der Waals surface area contributed by atoms with Crippen LogP contribution in [0.1, 0.15) is 42.6 Å². The lowest BCUT2D eigenvalue weighted by atomic mass is 10.1. The lowest BCUT2D eigenvalue weighted by Crippen LogP contribution is -2.26. The van der Waals surface area contributed by atoms with E-state index in [1.807, 2.05) is 6.07 Å². The van der Waals surface area contributed by atoms with Crippen LogP contribution in [0.3, 0.4) is 0 Å². The highest BCUT2D eigenvalue weighted by molar-refractivity contribution is 5.80. The summed E-state index contributed by atoms with van der Waals surface area (Å²) < 4.78 is 8.40. The van der Waals surface area contributed by atoms with Crippen molar-refractivity contribution in [3.8, 4) is 5.75 Å². The first kappa shape index (κ1) is 20.5. The first-order valence-electron chi connectivity index (χ1n) is 11.0. The molecule has 0 unspecified atom stereocenters. The van der Waals surface area contributed by atoms with E-state index in [-0.39, 0.29) is 11.8 Å². The van der Waals surface area contributed by atoms with Crippen molar-refractivity contribution in [2.75, 3.05) is 13.2 Å². The molecule has 30 heavy (non-hydrogen) atoms. The molecule has 5 nitrogen and oxygen atoms in total. The lowest BCUT2D eigenvalue weighted by molar-refractivity contribution is -0.122. The predicted molar refractivity (Wildman–Crippen MR) is 120 cm³/mol. The van der Waals surface area contributed by atoms with Gasteiger partial charge < -0.3 is 14.6 Å². The van der Waals surface area contributed by atoms with Gasteiger partial charge in [0.1, 0.15) is 11.6 Å². The van der Waals surface area contributed by atoms with Gasteiger partial charge in [-0.05, 0) is 62.8 Å². The number of ether oxygens (including phenoxy) is 1. The van der Waals surface area contributed by atoms with Crippen LogP contribution >= 0.6 is 0 Å². The van der Waals surface area contributed by atoms with Crippen LogP contribution in [0.15, 0.2) is 42.5 Å². The molecule has 1 amide bonds. The van der Waals surface area contributed by atoms with Gasteiger partial charge in [-0.25, -0.2) is 4.98 Å². The molecule has 1 aliphatic carbocycles. The largest absolute Gasteiger partial charge is 0.493 e. The van der Waals surface area contributed by atoms with Gasteiger partial charge in [-0.1, -0.05) is 30.3 Å². The van der Waals surface area contributed by atoms with Crippen LogP contribution in [0.25, 0.3) is 11.0 Å². The number of hydrogen-bond acceptors (Lipinski definition) is 3. The van der Waals surface area contributed by atoms with Crippen molar-refractivity contribution in [3.05, 3.63) is 59.4 Å². The second-order valence-corrected chi connectivity index (χ2v) is 8.26. The van der Waals surface area contributed by atoms with Gasteiger partial charge in [0.25, 0.3) is 0 Å². The van der Waals surface area contributed by atoms with E-state index in [4.69, 9.17) is 9.72 Å². The molecule has 1 N–H and O–H groups in total. The summed E-state index contributed by atoms with van der Waals surface area (Å²) in [5, 5.41) is 3.05. The summed E-state index contributed by atoms with van der Waals surface area (Å²) in [6.45, 7) is 6.44. The maximum absolute atomic E-state index is 11.8.